The fourth-order valence-electron chi connectivity index (χ4n) is 3.76. The molecule has 1 aromatic rings. The maximum absolute atomic E-state index is 12.6. The molecule has 2 unspecified atom stereocenters. The van der Waals surface area contributed by atoms with Gasteiger partial charge in [-0.15, -0.1) is 0 Å². The molecule has 4 heteroatoms. The monoisotopic (exact) mass is 416 g/mol. The van der Waals surface area contributed by atoms with Gasteiger partial charge in [0, 0.05) is 12.2 Å². The number of unbranched alkanes of at least 4 members (excludes halogenated alkanes) is 6. The SMILES string of the molecule is C=C(CCC1CCCO1)C(=O)OC(CCCCCCCCC)COc1ccccc1. The van der Waals surface area contributed by atoms with E-state index in [0.717, 1.165) is 44.5 Å². The minimum Gasteiger partial charge on any atom is -0.490 e. The highest BCUT2D eigenvalue weighted by molar-refractivity contribution is 5.87. The highest BCUT2D eigenvalue weighted by Crippen LogP contribution is 2.20. The van der Waals surface area contributed by atoms with E-state index in [1.807, 2.05) is 30.3 Å². The predicted molar refractivity (Wildman–Crippen MR) is 122 cm³/mol. The lowest BCUT2D eigenvalue weighted by Gasteiger charge is -2.20. The topological polar surface area (TPSA) is 44.8 Å². The van der Waals surface area contributed by atoms with Gasteiger partial charge in [-0.2, -0.15) is 0 Å². The molecular weight excluding hydrogens is 376 g/mol. The minimum absolute atomic E-state index is 0.243. The molecule has 0 radical (unpaired) electrons. The summed E-state index contributed by atoms with van der Waals surface area (Å²) in [6, 6.07) is 9.69. The number of para-hydroxylation sites is 1. The van der Waals surface area contributed by atoms with Crippen LogP contribution < -0.4 is 4.74 Å². The third-order valence-corrected chi connectivity index (χ3v) is 5.66. The molecular formula is C26H40O4. The number of hydrogen-bond acceptors (Lipinski definition) is 4. The van der Waals surface area contributed by atoms with Crippen molar-refractivity contribution in [2.24, 2.45) is 0 Å². The summed E-state index contributed by atoms with van der Waals surface area (Å²) in [6.45, 7) is 7.40. The fourth-order valence-corrected chi connectivity index (χ4v) is 3.76. The van der Waals surface area contributed by atoms with Crippen molar-refractivity contribution in [2.75, 3.05) is 13.2 Å². The standard InChI is InChI=1S/C26H40O4/c1-3-4-5-6-7-8-10-16-25(21-29-23-14-11-9-12-15-23)30-26(27)22(2)18-19-24-17-13-20-28-24/h9,11-12,14-15,24-25H,2-8,10,13,16-21H2,1H3. The van der Waals surface area contributed by atoms with Gasteiger partial charge in [-0.05, 0) is 50.7 Å². The molecule has 0 aliphatic carbocycles. The molecule has 0 aromatic heterocycles. The van der Waals surface area contributed by atoms with Gasteiger partial charge in [0.25, 0.3) is 0 Å². The first-order valence-corrected chi connectivity index (χ1v) is 11.9. The lowest BCUT2D eigenvalue weighted by atomic mass is 10.1. The molecule has 0 bridgehead atoms. The number of rotatable bonds is 16. The Morgan fingerprint density at radius 2 is 1.87 bits per heavy atom. The first-order chi connectivity index (χ1) is 14.7. The largest absolute Gasteiger partial charge is 0.490 e. The van der Waals surface area contributed by atoms with E-state index >= 15 is 0 Å². The van der Waals surface area contributed by atoms with Gasteiger partial charge >= 0.3 is 5.97 Å². The summed E-state index contributed by atoms with van der Waals surface area (Å²) in [7, 11) is 0. The third kappa shape index (κ3) is 10.3. The molecule has 168 valence electrons. The van der Waals surface area contributed by atoms with Crippen LogP contribution in [0.2, 0.25) is 0 Å². The molecule has 1 aliphatic heterocycles. The fraction of sp³-hybridized carbons (Fsp3) is 0.654. The molecule has 1 aliphatic rings. The van der Waals surface area contributed by atoms with Crippen molar-refractivity contribution in [2.45, 2.75) is 96.2 Å². The van der Waals surface area contributed by atoms with Gasteiger partial charge in [0.15, 0.2) is 0 Å². The van der Waals surface area contributed by atoms with Crippen molar-refractivity contribution in [3.8, 4) is 5.75 Å². The molecule has 0 amide bonds. The highest BCUT2D eigenvalue weighted by atomic mass is 16.6. The zero-order valence-corrected chi connectivity index (χ0v) is 18.8. The molecule has 2 atom stereocenters. The van der Waals surface area contributed by atoms with Gasteiger partial charge in [-0.25, -0.2) is 4.79 Å². The van der Waals surface area contributed by atoms with E-state index in [2.05, 4.69) is 13.5 Å². The quantitative estimate of drug-likeness (QED) is 0.172. The number of carbonyl (C=O) groups is 1. The second-order valence-corrected chi connectivity index (χ2v) is 8.34. The normalized spacial score (nSPS) is 16.9. The summed E-state index contributed by atoms with van der Waals surface area (Å²) in [5.41, 5.74) is 0.537. The molecule has 0 saturated carbocycles. The van der Waals surface area contributed by atoms with Crippen molar-refractivity contribution < 1.29 is 19.0 Å². The van der Waals surface area contributed by atoms with E-state index in [9.17, 15) is 4.79 Å². The van der Waals surface area contributed by atoms with E-state index in [1.165, 1.54) is 38.5 Å². The van der Waals surface area contributed by atoms with Gasteiger partial charge in [0.2, 0.25) is 0 Å². The van der Waals surface area contributed by atoms with Crippen molar-refractivity contribution in [3.05, 3.63) is 42.5 Å². The minimum atomic E-state index is -0.294. The Labute approximate surface area is 183 Å². The van der Waals surface area contributed by atoms with Crippen molar-refractivity contribution in [1.29, 1.82) is 0 Å². The lowest BCUT2D eigenvalue weighted by molar-refractivity contribution is -0.146. The van der Waals surface area contributed by atoms with Gasteiger partial charge in [-0.1, -0.05) is 70.2 Å². The second kappa shape index (κ2) is 15.1. The Kier molecular flexibility index (Phi) is 12.3. The smallest absolute Gasteiger partial charge is 0.333 e. The second-order valence-electron chi connectivity index (χ2n) is 8.34. The molecule has 1 saturated heterocycles. The Bertz CT molecular complexity index is 592. The van der Waals surface area contributed by atoms with E-state index < -0.39 is 0 Å². The number of benzene rings is 1. The van der Waals surface area contributed by atoms with E-state index in [0.29, 0.717) is 18.6 Å². The van der Waals surface area contributed by atoms with Crippen LogP contribution in [0.5, 0.6) is 5.75 Å². The van der Waals surface area contributed by atoms with Crippen LogP contribution in [0.4, 0.5) is 0 Å². The van der Waals surface area contributed by atoms with E-state index in [1.54, 1.807) is 0 Å². The first kappa shape index (κ1) is 24.5. The van der Waals surface area contributed by atoms with Crippen LogP contribution in [-0.4, -0.2) is 31.4 Å². The van der Waals surface area contributed by atoms with Gasteiger partial charge in [-0.3, -0.25) is 0 Å². The van der Waals surface area contributed by atoms with Crippen molar-refractivity contribution in [3.63, 3.8) is 0 Å². The van der Waals surface area contributed by atoms with Crippen LogP contribution in [-0.2, 0) is 14.3 Å². The van der Waals surface area contributed by atoms with E-state index in [-0.39, 0.29) is 18.2 Å². The third-order valence-electron chi connectivity index (χ3n) is 5.66. The molecule has 4 nitrogen and oxygen atoms in total. The average Bonchev–Trinajstić information content (AvgIpc) is 3.29. The zero-order valence-electron chi connectivity index (χ0n) is 18.8. The number of hydrogen-bond donors (Lipinski definition) is 0. The van der Waals surface area contributed by atoms with Crippen molar-refractivity contribution >= 4 is 5.97 Å². The Hall–Kier alpha value is -1.81. The van der Waals surface area contributed by atoms with Crippen molar-refractivity contribution in [1.82, 2.24) is 0 Å². The maximum atomic E-state index is 12.6. The lowest BCUT2D eigenvalue weighted by Crippen LogP contribution is -2.26. The summed E-state index contributed by atoms with van der Waals surface area (Å²) in [4.78, 5) is 12.6. The van der Waals surface area contributed by atoms with Crippen LogP contribution in [0.15, 0.2) is 42.5 Å². The van der Waals surface area contributed by atoms with Crippen LogP contribution in [0.3, 0.4) is 0 Å². The Morgan fingerprint density at radius 1 is 1.13 bits per heavy atom. The number of esters is 1. The number of ether oxygens (including phenoxy) is 3. The summed E-state index contributed by atoms with van der Waals surface area (Å²) < 4.78 is 17.3. The molecule has 0 N–H and O–H groups in total. The van der Waals surface area contributed by atoms with Crippen LogP contribution in [0.1, 0.15) is 84.0 Å². The molecule has 1 heterocycles. The molecule has 2 rings (SSSR count). The zero-order chi connectivity index (χ0) is 21.4. The predicted octanol–water partition coefficient (Wildman–Crippen LogP) is 6.63. The first-order valence-electron chi connectivity index (χ1n) is 11.9. The van der Waals surface area contributed by atoms with Gasteiger partial charge in [0.1, 0.15) is 18.5 Å². The summed E-state index contributed by atoms with van der Waals surface area (Å²) in [5, 5.41) is 0. The van der Waals surface area contributed by atoms with Crippen LogP contribution in [0.25, 0.3) is 0 Å². The summed E-state index contributed by atoms with van der Waals surface area (Å²) in [6.07, 6.45) is 13.2. The van der Waals surface area contributed by atoms with Crippen LogP contribution in [0, 0.1) is 0 Å². The molecule has 30 heavy (non-hydrogen) atoms. The Morgan fingerprint density at radius 3 is 2.57 bits per heavy atom. The Balaban J connectivity index is 1.74. The highest BCUT2D eigenvalue weighted by Gasteiger charge is 2.20. The van der Waals surface area contributed by atoms with Gasteiger partial charge in [0.05, 0.1) is 6.10 Å². The van der Waals surface area contributed by atoms with Gasteiger partial charge < -0.3 is 14.2 Å². The van der Waals surface area contributed by atoms with E-state index in [4.69, 9.17) is 14.2 Å². The maximum Gasteiger partial charge on any atom is 0.333 e. The summed E-state index contributed by atoms with van der Waals surface area (Å²) >= 11 is 0. The molecule has 1 fully saturated rings. The number of carbonyl (C=O) groups excluding carboxylic acids is 1. The summed E-state index contributed by atoms with van der Waals surface area (Å²) in [5.74, 6) is 0.507. The average molecular weight is 417 g/mol. The molecule has 0 spiro atoms. The van der Waals surface area contributed by atoms with Crippen LogP contribution >= 0.6 is 0 Å². The molecule has 1 aromatic carbocycles.